The van der Waals surface area contributed by atoms with E-state index in [1.165, 1.54) is 0 Å². The molecule has 3 nitrogen and oxygen atoms in total. The van der Waals surface area contributed by atoms with Crippen LogP contribution in [0.25, 0.3) is 0 Å². The van der Waals surface area contributed by atoms with Crippen LogP contribution in [0.1, 0.15) is 0 Å². The molecule has 0 aliphatic heterocycles. The fraction of sp³-hybridized carbons (Fsp3) is 0. The average Bonchev–Trinajstić information content (AvgIpc) is 0. The molecule has 6 heteroatoms. The van der Waals surface area contributed by atoms with E-state index in [0.29, 0.717) is 0 Å². The molecule has 0 unspecified atom stereocenters. The van der Waals surface area contributed by atoms with Crippen LogP contribution in [0.4, 0.5) is 0 Å². The normalized spacial score (nSPS) is 0. The third-order valence-electron chi connectivity index (χ3n) is 0. The van der Waals surface area contributed by atoms with Gasteiger partial charge >= 0.3 is 27.3 Å². The van der Waals surface area contributed by atoms with E-state index in [0.717, 1.165) is 0 Å². The summed E-state index contributed by atoms with van der Waals surface area (Å²) in [5, 5.41) is 0. The van der Waals surface area contributed by atoms with Crippen LogP contribution < -0.4 is 0 Å². The van der Waals surface area contributed by atoms with E-state index in [-0.39, 0.29) is 142 Å². The zero-order valence-corrected chi connectivity index (χ0v) is 13.3. The summed E-state index contributed by atoms with van der Waals surface area (Å²) in [4.78, 5) is 0. The minimum atomic E-state index is 0. The van der Waals surface area contributed by atoms with Crippen LogP contribution in [0.5, 0.6) is 0 Å². The van der Waals surface area contributed by atoms with Crippen molar-refractivity contribution in [3.63, 3.8) is 0 Å². The Morgan fingerprint density at radius 2 is 0.500 bits per heavy atom. The van der Waals surface area contributed by atoms with Gasteiger partial charge in [-0.15, -0.1) is 0 Å². The first-order valence-electron chi connectivity index (χ1n) is 0. The van der Waals surface area contributed by atoms with Crippen molar-refractivity contribution in [3.8, 4) is 0 Å². The van der Waals surface area contributed by atoms with Gasteiger partial charge < -0.3 is 16.4 Å². The van der Waals surface area contributed by atoms with E-state index in [1.54, 1.807) is 0 Å². The van der Waals surface area contributed by atoms with Crippen molar-refractivity contribution < 1.29 is 115 Å². The Hall–Kier alpha value is 3.97. The molecule has 0 saturated carbocycles. The molecule has 0 spiro atoms. The first kappa shape index (κ1) is 50.9. The summed E-state index contributed by atoms with van der Waals surface area (Å²) in [5.74, 6) is 0. The Kier molecular flexibility index (Phi) is 307. The number of hydrogen-bond donors (Lipinski definition) is 0. The molecule has 0 amide bonds. The van der Waals surface area contributed by atoms with Gasteiger partial charge in [0.2, 0.25) is 0 Å². The van der Waals surface area contributed by atoms with Crippen LogP contribution in [-0.2, 0) is 0 Å². The van der Waals surface area contributed by atoms with Gasteiger partial charge in [0.1, 0.15) is 0 Å². The Balaban J connectivity index is 0. The SMILES string of the molecule is O.O.O.[Eu].[Eu].[PbH2]. The molecule has 6 N–H and O–H groups in total. The molecule has 0 aromatic rings. The van der Waals surface area contributed by atoms with Gasteiger partial charge in [0, 0.05) is 98.8 Å². The van der Waals surface area contributed by atoms with Crippen molar-refractivity contribution in [1.82, 2.24) is 0 Å². The van der Waals surface area contributed by atoms with Crippen LogP contribution >= 0.6 is 0 Å². The van der Waals surface area contributed by atoms with Gasteiger partial charge in [-0.2, -0.15) is 0 Å². The summed E-state index contributed by atoms with van der Waals surface area (Å²) < 4.78 is 0. The first-order valence-corrected chi connectivity index (χ1v) is 0. The van der Waals surface area contributed by atoms with Gasteiger partial charge in [-0.3, -0.25) is 0 Å². The van der Waals surface area contributed by atoms with Gasteiger partial charge in [0.15, 0.2) is 0 Å². The molecule has 4 radical (unpaired) electrons. The molecular weight excluding hydrogens is 559 g/mol. The Morgan fingerprint density at radius 1 is 0.500 bits per heavy atom. The third kappa shape index (κ3) is 24.6. The molecule has 0 aromatic heterocycles. The van der Waals surface area contributed by atoms with E-state index in [2.05, 4.69) is 0 Å². The molecule has 0 rings (SSSR count). The summed E-state index contributed by atoms with van der Waals surface area (Å²) in [5.41, 5.74) is 0. The second-order valence-electron chi connectivity index (χ2n) is 0. The van der Waals surface area contributed by atoms with Gasteiger partial charge in [-0.1, -0.05) is 0 Å². The fourth-order valence-electron chi connectivity index (χ4n) is 0. The van der Waals surface area contributed by atoms with Gasteiger partial charge in [0.05, 0.1) is 0 Å². The molecule has 0 fully saturated rings. The van der Waals surface area contributed by atoms with Crippen LogP contribution in [0, 0.1) is 98.8 Å². The Labute approximate surface area is 138 Å². The number of rotatable bonds is 0. The van der Waals surface area contributed by atoms with E-state index < -0.39 is 0 Å². The van der Waals surface area contributed by atoms with Crippen molar-refractivity contribution in [2.45, 2.75) is 0 Å². The predicted molar refractivity (Wildman–Crippen MR) is 19.4 cm³/mol. The molecule has 0 aromatic carbocycles. The van der Waals surface area contributed by atoms with Crippen molar-refractivity contribution in [1.29, 1.82) is 0 Å². The summed E-state index contributed by atoms with van der Waals surface area (Å²) in [6.45, 7) is 0. The maximum absolute atomic E-state index is 0. The summed E-state index contributed by atoms with van der Waals surface area (Å²) in [7, 11) is 0. The second-order valence-corrected chi connectivity index (χ2v) is 0. The monoisotopic (exact) mass is 570 g/mol. The molecule has 0 saturated heterocycles. The van der Waals surface area contributed by atoms with Crippen LogP contribution in [-0.4, -0.2) is 43.7 Å². The molecule has 0 atom stereocenters. The molecule has 0 aliphatic rings. The fourth-order valence-corrected chi connectivity index (χ4v) is 0. The Morgan fingerprint density at radius 3 is 0.500 bits per heavy atom. The molecular formula is H8Eu2O3Pb. The first-order chi connectivity index (χ1) is 0. The van der Waals surface area contributed by atoms with Gasteiger partial charge in [0.25, 0.3) is 0 Å². The van der Waals surface area contributed by atoms with Crippen LogP contribution in [0.3, 0.4) is 0 Å². The average molecular weight is 567 g/mol. The van der Waals surface area contributed by atoms with Crippen LogP contribution in [0.2, 0.25) is 0 Å². The molecule has 0 aliphatic carbocycles. The van der Waals surface area contributed by atoms with Crippen molar-refractivity contribution in [2.75, 3.05) is 0 Å². The second kappa shape index (κ2) is 36.1. The Bertz CT molecular complexity index is 8.75. The summed E-state index contributed by atoms with van der Waals surface area (Å²) in [6, 6.07) is 0. The summed E-state index contributed by atoms with van der Waals surface area (Å²) in [6.07, 6.45) is 0. The van der Waals surface area contributed by atoms with E-state index in [4.69, 9.17) is 0 Å². The third-order valence-corrected chi connectivity index (χ3v) is 0. The van der Waals surface area contributed by atoms with E-state index >= 15 is 0 Å². The number of hydrogen-bond acceptors (Lipinski definition) is 0. The van der Waals surface area contributed by atoms with Gasteiger partial charge in [-0.25, -0.2) is 0 Å². The maximum atomic E-state index is 0. The minimum absolute atomic E-state index is 0. The molecule has 0 heterocycles. The molecule has 6 heavy (non-hydrogen) atoms. The quantitative estimate of drug-likeness (QED) is 0.274. The topological polar surface area (TPSA) is 94.5 Å². The van der Waals surface area contributed by atoms with Crippen molar-refractivity contribution >= 4 is 27.3 Å². The van der Waals surface area contributed by atoms with Gasteiger partial charge in [-0.05, 0) is 0 Å². The molecule has 44 valence electrons. The zero-order valence-electron chi connectivity index (χ0n) is 2.96. The van der Waals surface area contributed by atoms with Crippen LogP contribution in [0.15, 0.2) is 0 Å². The zero-order chi connectivity index (χ0) is 0. The van der Waals surface area contributed by atoms with Crippen molar-refractivity contribution in [2.24, 2.45) is 0 Å². The summed E-state index contributed by atoms with van der Waals surface area (Å²) >= 11 is 0. The predicted octanol–water partition coefficient (Wildman–Crippen LogP) is -3.39. The molecule has 0 bridgehead atoms. The van der Waals surface area contributed by atoms with E-state index in [1.807, 2.05) is 0 Å². The van der Waals surface area contributed by atoms with Crippen molar-refractivity contribution in [3.05, 3.63) is 0 Å². The van der Waals surface area contributed by atoms with E-state index in [9.17, 15) is 0 Å². The standard InChI is InChI=1S/2Eu.3H2O.Pb.2H/h;;3*1H2;;;.